The molecule has 1 aliphatic carbocycles. The first-order valence-corrected chi connectivity index (χ1v) is 6.83. The Morgan fingerprint density at radius 2 is 1.95 bits per heavy atom. The number of nitrogens with one attached hydrogen (secondary N) is 1. The summed E-state index contributed by atoms with van der Waals surface area (Å²) in [6.45, 7) is -0.302. The Morgan fingerprint density at radius 3 is 2.65 bits per heavy atom. The zero-order valence-electron chi connectivity index (χ0n) is 11.2. The van der Waals surface area contributed by atoms with Crippen molar-refractivity contribution >= 4 is 11.9 Å². The maximum Gasteiger partial charge on any atom is 0.310 e. The number of rotatable bonds is 5. The molecule has 0 heterocycles. The minimum absolute atomic E-state index is 0.163. The van der Waals surface area contributed by atoms with Gasteiger partial charge in [-0.25, -0.2) is 4.39 Å². The van der Waals surface area contributed by atoms with Gasteiger partial charge in [-0.05, 0) is 24.5 Å². The number of ether oxygens (including phenoxy) is 1. The van der Waals surface area contributed by atoms with Crippen molar-refractivity contribution in [2.75, 3.05) is 6.61 Å². The second-order valence-electron chi connectivity index (χ2n) is 4.98. The van der Waals surface area contributed by atoms with Crippen molar-refractivity contribution in [3.05, 3.63) is 35.6 Å². The number of esters is 1. The van der Waals surface area contributed by atoms with Crippen molar-refractivity contribution in [1.29, 1.82) is 0 Å². The van der Waals surface area contributed by atoms with Gasteiger partial charge >= 0.3 is 5.97 Å². The maximum absolute atomic E-state index is 13.3. The molecule has 4 nitrogen and oxygen atoms in total. The van der Waals surface area contributed by atoms with E-state index in [0.29, 0.717) is 0 Å². The summed E-state index contributed by atoms with van der Waals surface area (Å²) in [5, 5.41) is 2.82. The number of amides is 1. The smallest absolute Gasteiger partial charge is 0.310 e. The van der Waals surface area contributed by atoms with E-state index in [0.717, 1.165) is 25.7 Å². The van der Waals surface area contributed by atoms with Gasteiger partial charge in [-0.2, -0.15) is 0 Å². The third-order valence-electron chi connectivity index (χ3n) is 3.38. The van der Waals surface area contributed by atoms with Gasteiger partial charge in [-0.1, -0.05) is 31.0 Å². The normalized spacial score (nSPS) is 15.1. The molecular weight excluding hydrogens is 261 g/mol. The molecule has 1 aromatic rings. The predicted molar refractivity (Wildman–Crippen MR) is 71.5 cm³/mol. The van der Waals surface area contributed by atoms with Crippen LogP contribution >= 0.6 is 0 Å². The van der Waals surface area contributed by atoms with E-state index in [1.807, 2.05) is 0 Å². The molecular formula is C15H18FNO3. The van der Waals surface area contributed by atoms with Crippen LogP contribution in [0, 0.1) is 5.82 Å². The molecule has 0 atom stereocenters. The van der Waals surface area contributed by atoms with Gasteiger partial charge in [-0.3, -0.25) is 9.59 Å². The van der Waals surface area contributed by atoms with Crippen molar-refractivity contribution in [2.45, 2.75) is 38.1 Å². The second kappa shape index (κ2) is 7.03. The highest BCUT2D eigenvalue weighted by molar-refractivity contribution is 5.81. The first kappa shape index (κ1) is 14.5. The van der Waals surface area contributed by atoms with Crippen LogP contribution in [0.2, 0.25) is 0 Å². The fraction of sp³-hybridized carbons (Fsp3) is 0.467. The molecule has 1 aromatic carbocycles. The second-order valence-corrected chi connectivity index (χ2v) is 4.98. The minimum atomic E-state index is -0.600. The van der Waals surface area contributed by atoms with Gasteiger partial charge in [-0.15, -0.1) is 0 Å². The number of carbonyl (C=O) groups excluding carboxylic acids is 2. The number of hydrogen-bond acceptors (Lipinski definition) is 3. The summed E-state index contributed by atoms with van der Waals surface area (Å²) >= 11 is 0. The number of benzene rings is 1. The van der Waals surface area contributed by atoms with Gasteiger partial charge in [0.2, 0.25) is 0 Å². The molecule has 0 aromatic heterocycles. The standard InChI is InChI=1S/C15H18FNO3/c16-13-8-4-1-5-11(13)9-15(19)20-10-14(18)17-12-6-2-3-7-12/h1,4-5,8,12H,2-3,6-7,9-10H2,(H,17,18). The maximum atomic E-state index is 13.3. The fourth-order valence-electron chi connectivity index (χ4n) is 2.33. The third-order valence-corrected chi connectivity index (χ3v) is 3.38. The van der Waals surface area contributed by atoms with Gasteiger partial charge in [0.1, 0.15) is 5.82 Å². The van der Waals surface area contributed by atoms with Gasteiger partial charge in [0.15, 0.2) is 6.61 Å². The molecule has 1 amide bonds. The SMILES string of the molecule is O=C(COC(=O)Cc1ccccc1F)NC1CCCC1. The van der Waals surface area contributed by atoms with Crippen LogP contribution < -0.4 is 5.32 Å². The van der Waals surface area contributed by atoms with Crippen LogP contribution in [0.4, 0.5) is 4.39 Å². The van der Waals surface area contributed by atoms with Gasteiger partial charge in [0.25, 0.3) is 5.91 Å². The molecule has 2 rings (SSSR count). The third kappa shape index (κ3) is 4.33. The van der Waals surface area contributed by atoms with Gasteiger partial charge in [0.05, 0.1) is 6.42 Å². The zero-order chi connectivity index (χ0) is 14.4. The first-order valence-electron chi connectivity index (χ1n) is 6.83. The lowest BCUT2D eigenvalue weighted by Crippen LogP contribution is -2.36. The Morgan fingerprint density at radius 1 is 1.25 bits per heavy atom. The first-order chi connectivity index (χ1) is 9.65. The van der Waals surface area contributed by atoms with Crippen LogP contribution in [0.15, 0.2) is 24.3 Å². The molecule has 1 aliphatic rings. The molecule has 1 N–H and O–H groups in total. The minimum Gasteiger partial charge on any atom is -0.455 e. The summed E-state index contributed by atoms with van der Waals surface area (Å²) < 4.78 is 18.2. The average molecular weight is 279 g/mol. The Kier molecular flexibility index (Phi) is 5.09. The van der Waals surface area contributed by atoms with E-state index in [9.17, 15) is 14.0 Å². The summed E-state index contributed by atoms with van der Waals surface area (Å²) in [6.07, 6.45) is 4.04. The summed E-state index contributed by atoms with van der Waals surface area (Å²) in [5.41, 5.74) is 0.272. The topological polar surface area (TPSA) is 55.4 Å². The van der Waals surface area contributed by atoms with Crippen molar-refractivity contribution in [1.82, 2.24) is 5.32 Å². The Bertz CT molecular complexity index is 484. The highest BCUT2D eigenvalue weighted by atomic mass is 19.1. The average Bonchev–Trinajstić information content (AvgIpc) is 2.92. The van der Waals surface area contributed by atoms with E-state index in [-0.39, 0.29) is 30.5 Å². The van der Waals surface area contributed by atoms with Crippen molar-refractivity contribution in [2.24, 2.45) is 0 Å². The molecule has 0 radical (unpaired) electrons. The van der Waals surface area contributed by atoms with Gasteiger partial charge < -0.3 is 10.1 Å². The summed E-state index contributed by atoms with van der Waals surface area (Å²) in [4.78, 5) is 23.1. The molecule has 1 fully saturated rings. The van der Waals surface area contributed by atoms with Gasteiger partial charge in [0, 0.05) is 6.04 Å². The van der Waals surface area contributed by atoms with E-state index >= 15 is 0 Å². The highest BCUT2D eigenvalue weighted by Gasteiger charge is 2.18. The molecule has 5 heteroatoms. The predicted octanol–water partition coefficient (Wildman–Crippen LogP) is 1.97. The van der Waals surface area contributed by atoms with Crippen LogP contribution in [0.5, 0.6) is 0 Å². The van der Waals surface area contributed by atoms with Crippen LogP contribution in [-0.2, 0) is 20.7 Å². The van der Waals surface area contributed by atoms with E-state index in [2.05, 4.69) is 5.32 Å². The van der Waals surface area contributed by atoms with Crippen molar-refractivity contribution < 1.29 is 18.7 Å². The van der Waals surface area contributed by atoms with Crippen molar-refractivity contribution in [3.63, 3.8) is 0 Å². The Labute approximate surface area is 117 Å². The number of halogens is 1. The van der Waals surface area contributed by atoms with Crippen LogP contribution in [0.25, 0.3) is 0 Å². The Balaban J connectivity index is 1.72. The van der Waals surface area contributed by atoms with E-state index in [4.69, 9.17) is 4.74 Å². The monoisotopic (exact) mass is 279 g/mol. The summed E-state index contributed by atoms with van der Waals surface area (Å²) in [5.74, 6) is -1.34. The fourth-order valence-corrected chi connectivity index (χ4v) is 2.33. The highest BCUT2D eigenvalue weighted by Crippen LogP contribution is 2.17. The van der Waals surface area contributed by atoms with Crippen LogP contribution in [-0.4, -0.2) is 24.5 Å². The van der Waals surface area contributed by atoms with E-state index in [1.54, 1.807) is 12.1 Å². The van der Waals surface area contributed by atoms with E-state index in [1.165, 1.54) is 12.1 Å². The van der Waals surface area contributed by atoms with Crippen molar-refractivity contribution in [3.8, 4) is 0 Å². The molecule has 0 unspecified atom stereocenters. The van der Waals surface area contributed by atoms with Crippen LogP contribution in [0.3, 0.4) is 0 Å². The molecule has 0 spiro atoms. The molecule has 108 valence electrons. The lowest BCUT2D eigenvalue weighted by molar-refractivity contribution is -0.148. The Hall–Kier alpha value is -1.91. The molecule has 20 heavy (non-hydrogen) atoms. The molecule has 0 bridgehead atoms. The number of hydrogen-bond donors (Lipinski definition) is 1. The molecule has 0 aliphatic heterocycles. The summed E-state index contributed by atoms with van der Waals surface area (Å²) in [6, 6.07) is 6.22. The lowest BCUT2D eigenvalue weighted by atomic mass is 10.1. The largest absolute Gasteiger partial charge is 0.455 e. The van der Waals surface area contributed by atoms with E-state index < -0.39 is 11.8 Å². The summed E-state index contributed by atoms with van der Waals surface area (Å²) in [7, 11) is 0. The number of carbonyl (C=O) groups is 2. The quantitative estimate of drug-likeness (QED) is 0.838. The molecule has 1 saturated carbocycles. The lowest BCUT2D eigenvalue weighted by Gasteiger charge is -2.12. The van der Waals surface area contributed by atoms with Crippen LogP contribution in [0.1, 0.15) is 31.2 Å². The zero-order valence-corrected chi connectivity index (χ0v) is 11.2. The molecule has 0 saturated heterocycles.